The van der Waals surface area contributed by atoms with Crippen LogP contribution in [0.15, 0.2) is 64.1 Å². The van der Waals surface area contributed by atoms with E-state index in [9.17, 15) is 9.59 Å². The van der Waals surface area contributed by atoms with Crippen molar-refractivity contribution in [1.29, 1.82) is 0 Å². The van der Waals surface area contributed by atoms with Gasteiger partial charge >= 0.3 is 5.97 Å². The summed E-state index contributed by atoms with van der Waals surface area (Å²) in [5.74, 6) is 0.103. The number of carboxylic acid groups (broad SMARTS) is 1. The summed E-state index contributed by atoms with van der Waals surface area (Å²) < 4.78 is 21.7. The van der Waals surface area contributed by atoms with Gasteiger partial charge in [0.1, 0.15) is 18.1 Å². The molecule has 0 aliphatic heterocycles. The molecule has 0 atom stereocenters. The van der Waals surface area contributed by atoms with Crippen molar-refractivity contribution in [2.45, 2.75) is 6.61 Å². The monoisotopic (exact) mass is 467 g/mol. The molecule has 0 fully saturated rings. The van der Waals surface area contributed by atoms with E-state index in [1.807, 2.05) is 37.2 Å². The number of furan rings is 1. The molecule has 1 heterocycles. The molecule has 0 aliphatic rings. The fourth-order valence-corrected chi connectivity index (χ4v) is 2.81. The lowest BCUT2D eigenvalue weighted by atomic mass is 10.2. The zero-order valence-corrected chi connectivity index (χ0v) is 19.0. The van der Waals surface area contributed by atoms with Gasteiger partial charge in [-0.15, -0.1) is 0 Å². The molecule has 3 rings (SSSR count). The summed E-state index contributed by atoms with van der Waals surface area (Å²) >= 11 is 0. The standard InChI is InChI=1S/C24H25N3O7/c1-27(2)17-5-4-6-18(12-17)32-15-23(28)26-25-13-16-7-9-20(22(11-16)31-3)33-14-19-8-10-21(34-19)24(29)30/h4-13H,14-15H2,1-3H3,(H,26,28)(H,29,30). The largest absolute Gasteiger partial charge is 0.493 e. The van der Waals surface area contributed by atoms with Crippen LogP contribution in [0.5, 0.6) is 17.2 Å². The lowest BCUT2D eigenvalue weighted by Gasteiger charge is -2.13. The molecule has 0 spiro atoms. The van der Waals surface area contributed by atoms with Crippen LogP contribution in [-0.4, -0.2) is 51.0 Å². The Balaban J connectivity index is 1.51. The number of amides is 1. The Morgan fingerprint density at radius 3 is 2.62 bits per heavy atom. The maximum absolute atomic E-state index is 12.0. The van der Waals surface area contributed by atoms with E-state index in [0.717, 1.165) is 5.69 Å². The summed E-state index contributed by atoms with van der Waals surface area (Å²) in [5.41, 5.74) is 4.04. The van der Waals surface area contributed by atoms with Crippen molar-refractivity contribution in [3.63, 3.8) is 0 Å². The third-order valence-corrected chi connectivity index (χ3v) is 4.54. The lowest BCUT2D eigenvalue weighted by molar-refractivity contribution is -0.123. The molecular formula is C24H25N3O7. The molecule has 0 saturated heterocycles. The number of hydrogen-bond acceptors (Lipinski definition) is 8. The SMILES string of the molecule is COc1cc(C=NNC(=O)COc2cccc(N(C)C)c2)ccc1OCc1ccc(C(=O)O)o1. The first-order chi connectivity index (χ1) is 16.4. The Kier molecular flexibility index (Phi) is 8.11. The van der Waals surface area contributed by atoms with Crippen molar-refractivity contribution in [3.05, 3.63) is 71.7 Å². The molecule has 10 nitrogen and oxygen atoms in total. The summed E-state index contributed by atoms with van der Waals surface area (Å²) in [5, 5.41) is 12.8. The normalized spacial score (nSPS) is 10.7. The minimum absolute atomic E-state index is 0.0323. The number of methoxy groups -OCH3 is 1. The average molecular weight is 467 g/mol. The van der Waals surface area contributed by atoms with Gasteiger partial charge in [-0.1, -0.05) is 6.07 Å². The van der Waals surface area contributed by atoms with Crippen molar-refractivity contribution >= 4 is 23.8 Å². The van der Waals surface area contributed by atoms with Gasteiger partial charge in [0.15, 0.2) is 18.1 Å². The minimum Gasteiger partial charge on any atom is -0.493 e. The molecule has 10 heteroatoms. The molecule has 0 saturated carbocycles. The number of nitrogens with zero attached hydrogens (tertiary/aromatic N) is 2. The molecule has 0 unspecified atom stereocenters. The number of carboxylic acids is 1. The van der Waals surface area contributed by atoms with Crippen LogP contribution in [-0.2, 0) is 11.4 Å². The Morgan fingerprint density at radius 2 is 1.91 bits per heavy atom. The second-order valence-corrected chi connectivity index (χ2v) is 7.24. The molecule has 1 aromatic heterocycles. The van der Waals surface area contributed by atoms with Crippen molar-refractivity contribution in [2.24, 2.45) is 5.10 Å². The van der Waals surface area contributed by atoms with Crippen LogP contribution in [0.1, 0.15) is 21.9 Å². The van der Waals surface area contributed by atoms with Gasteiger partial charge in [-0.3, -0.25) is 4.79 Å². The predicted molar refractivity (Wildman–Crippen MR) is 125 cm³/mol. The number of hydrogen-bond donors (Lipinski definition) is 2. The second-order valence-electron chi connectivity index (χ2n) is 7.24. The molecule has 0 bridgehead atoms. The molecule has 1 amide bonds. The first-order valence-corrected chi connectivity index (χ1v) is 10.2. The molecule has 2 N–H and O–H groups in total. The van der Waals surface area contributed by atoms with Gasteiger partial charge in [-0.2, -0.15) is 5.10 Å². The van der Waals surface area contributed by atoms with Crippen LogP contribution in [0.3, 0.4) is 0 Å². The Bertz CT molecular complexity index is 1170. The van der Waals surface area contributed by atoms with Gasteiger partial charge in [0.05, 0.1) is 13.3 Å². The molecule has 178 valence electrons. The number of aromatic carboxylic acids is 1. The van der Waals surface area contributed by atoms with E-state index in [2.05, 4.69) is 10.5 Å². The maximum Gasteiger partial charge on any atom is 0.371 e. The number of rotatable bonds is 11. The highest BCUT2D eigenvalue weighted by molar-refractivity contribution is 5.84. The Labute approximate surface area is 196 Å². The highest BCUT2D eigenvalue weighted by Crippen LogP contribution is 2.28. The van der Waals surface area contributed by atoms with E-state index < -0.39 is 11.9 Å². The topological polar surface area (TPSA) is 123 Å². The second kappa shape index (κ2) is 11.4. The molecule has 2 aromatic carbocycles. The highest BCUT2D eigenvalue weighted by Gasteiger charge is 2.11. The lowest BCUT2D eigenvalue weighted by Crippen LogP contribution is -2.24. The first kappa shape index (κ1) is 24.2. The molecular weight excluding hydrogens is 442 g/mol. The van der Waals surface area contributed by atoms with Crippen LogP contribution >= 0.6 is 0 Å². The zero-order chi connectivity index (χ0) is 24.5. The van der Waals surface area contributed by atoms with E-state index in [4.69, 9.17) is 23.7 Å². The summed E-state index contributed by atoms with van der Waals surface area (Å²) in [6.07, 6.45) is 1.46. The molecule has 34 heavy (non-hydrogen) atoms. The third kappa shape index (κ3) is 6.76. The summed E-state index contributed by atoms with van der Waals surface area (Å²) in [6.45, 7) is -0.148. The van der Waals surface area contributed by atoms with E-state index in [-0.39, 0.29) is 19.0 Å². The number of carbonyl (C=O) groups is 2. The summed E-state index contributed by atoms with van der Waals surface area (Å²) in [4.78, 5) is 24.8. The van der Waals surface area contributed by atoms with Crippen molar-refractivity contribution < 1.29 is 33.3 Å². The smallest absolute Gasteiger partial charge is 0.371 e. The molecule has 3 aromatic rings. The Hall–Kier alpha value is -4.47. The number of benzene rings is 2. The van der Waals surface area contributed by atoms with Gasteiger partial charge in [-0.25, -0.2) is 10.2 Å². The van der Waals surface area contributed by atoms with Gasteiger partial charge in [0.2, 0.25) is 5.76 Å². The third-order valence-electron chi connectivity index (χ3n) is 4.54. The van der Waals surface area contributed by atoms with Crippen LogP contribution in [0, 0.1) is 0 Å². The number of anilines is 1. The number of nitrogens with one attached hydrogen (secondary N) is 1. The minimum atomic E-state index is -1.15. The van der Waals surface area contributed by atoms with E-state index >= 15 is 0 Å². The first-order valence-electron chi connectivity index (χ1n) is 10.2. The van der Waals surface area contributed by atoms with Gasteiger partial charge in [0.25, 0.3) is 5.91 Å². The average Bonchev–Trinajstić information content (AvgIpc) is 3.31. The van der Waals surface area contributed by atoms with Crippen LogP contribution in [0.4, 0.5) is 5.69 Å². The van der Waals surface area contributed by atoms with Crippen molar-refractivity contribution in [3.8, 4) is 17.2 Å². The van der Waals surface area contributed by atoms with Gasteiger partial charge in [0, 0.05) is 25.8 Å². The number of ether oxygens (including phenoxy) is 3. The van der Waals surface area contributed by atoms with Crippen molar-refractivity contribution in [1.82, 2.24) is 5.43 Å². The maximum atomic E-state index is 12.0. The molecule has 0 radical (unpaired) electrons. The Morgan fingerprint density at radius 1 is 1.09 bits per heavy atom. The highest BCUT2D eigenvalue weighted by atomic mass is 16.5. The summed E-state index contributed by atoms with van der Waals surface area (Å²) in [6, 6.07) is 15.4. The van der Waals surface area contributed by atoms with Crippen LogP contribution in [0.25, 0.3) is 0 Å². The zero-order valence-electron chi connectivity index (χ0n) is 19.0. The number of hydrazone groups is 1. The van der Waals surface area contributed by atoms with Gasteiger partial charge in [-0.05, 0) is 48.0 Å². The van der Waals surface area contributed by atoms with E-state index in [1.165, 1.54) is 25.5 Å². The fraction of sp³-hybridized carbons (Fsp3) is 0.208. The van der Waals surface area contributed by atoms with E-state index in [1.54, 1.807) is 24.3 Å². The summed E-state index contributed by atoms with van der Waals surface area (Å²) in [7, 11) is 5.33. The van der Waals surface area contributed by atoms with E-state index in [0.29, 0.717) is 28.6 Å². The number of carbonyl (C=O) groups excluding carboxylic acids is 1. The fourth-order valence-electron chi connectivity index (χ4n) is 2.81. The van der Waals surface area contributed by atoms with Crippen molar-refractivity contribution in [2.75, 3.05) is 32.7 Å². The van der Waals surface area contributed by atoms with Crippen LogP contribution in [0.2, 0.25) is 0 Å². The predicted octanol–water partition coefficient (Wildman–Crippen LogP) is 3.16. The molecule has 0 aliphatic carbocycles. The van der Waals surface area contributed by atoms with Crippen LogP contribution < -0.4 is 24.5 Å². The van der Waals surface area contributed by atoms with Gasteiger partial charge < -0.3 is 28.6 Å². The quantitative estimate of drug-likeness (QED) is 0.326.